The van der Waals surface area contributed by atoms with Crippen molar-refractivity contribution >= 4 is 9.84 Å². The number of hydrogen-bond acceptors (Lipinski definition) is 6. The summed E-state index contributed by atoms with van der Waals surface area (Å²) >= 11 is 0. The summed E-state index contributed by atoms with van der Waals surface area (Å²) in [4.78, 5) is 4.14. The van der Waals surface area contributed by atoms with E-state index in [4.69, 9.17) is 14.3 Å². The van der Waals surface area contributed by atoms with Crippen molar-refractivity contribution in [3.8, 4) is 17.2 Å². The maximum Gasteiger partial charge on any atom is 0.226 e. The minimum atomic E-state index is -3.36. The summed E-state index contributed by atoms with van der Waals surface area (Å²) in [5, 5.41) is 8.68. The Bertz CT molecular complexity index is 660. The maximum absolute atomic E-state index is 11.6. The molecule has 0 saturated carbocycles. The lowest BCUT2D eigenvalue weighted by Gasteiger charge is -1.99. The van der Waals surface area contributed by atoms with Gasteiger partial charge in [-0.3, -0.25) is 0 Å². The lowest BCUT2D eigenvalue weighted by atomic mass is 10.2. The number of rotatable bonds is 6. The van der Waals surface area contributed by atoms with E-state index in [1.54, 1.807) is 31.4 Å². The van der Waals surface area contributed by atoms with Crippen LogP contribution >= 0.6 is 0 Å². The Morgan fingerprint density at radius 2 is 2.00 bits per heavy atom. The Balaban J connectivity index is 2.16. The summed E-state index contributed by atoms with van der Waals surface area (Å²) in [6, 6.07) is 7.08. The molecule has 0 spiro atoms. The molecule has 0 atom stereocenters. The van der Waals surface area contributed by atoms with Gasteiger partial charge in [-0.25, -0.2) is 13.4 Å². The number of ether oxygens (including phenoxy) is 1. The van der Waals surface area contributed by atoms with Crippen molar-refractivity contribution in [3.05, 3.63) is 36.2 Å². The van der Waals surface area contributed by atoms with Crippen molar-refractivity contribution < 1.29 is 22.7 Å². The van der Waals surface area contributed by atoms with Crippen LogP contribution in [0.25, 0.3) is 11.5 Å². The number of methoxy groups -OCH3 is 1. The molecule has 108 valence electrons. The lowest BCUT2D eigenvalue weighted by molar-refractivity contribution is 0.319. The quantitative estimate of drug-likeness (QED) is 0.863. The number of hydrogen-bond donors (Lipinski definition) is 1. The van der Waals surface area contributed by atoms with Gasteiger partial charge < -0.3 is 14.3 Å². The molecule has 1 N–H and O–H groups in total. The fraction of sp³-hybridized carbons (Fsp3) is 0.308. The summed E-state index contributed by atoms with van der Waals surface area (Å²) in [6.07, 6.45) is 1.31. The molecule has 0 unspecified atom stereocenters. The van der Waals surface area contributed by atoms with E-state index in [2.05, 4.69) is 4.98 Å². The molecule has 0 saturated heterocycles. The summed E-state index contributed by atoms with van der Waals surface area (Å²) in [7, 11) is -1.78. The summed E-state index contributed by atoms with van der Waals surface area (Å²) in [5.74, 6) is 0.540. The molecule has 1 heterocycles. The second kappa shape index (κ2) is 6.06. The topological polar surface area (TPSA) is 89.6 Å². The smallest absolute Gasteiger partial charge is 0.226 e. The van der Waals surface area contributed by atoms with Gasteiger partial charge in [-0.05, 0) is 24.3 Å². The van der Waals surface area contributed by atoms with Gasteiger partial charge >= 0.3 is 0 Å². The number of aliphatic hydroxyl groups excluding tert-OH is 1. The Morgan fingerprint density at radius 3 is 2.60 bits per heavy atom. The molecular weight excluding hydrogens is 282 g/mol. The highest BCUT2D eigenvalue weighted by atomic mass is 32.2. The van der Waals surface area contributed by atoms with E-state index in [1.807, 2.05) is 0 Å². The first-order chi connectivity index (χ1) is 9.54. The molecule has 0 bridgehead atoms. The van der Waals surface area contributed by atoms with E-state index in [1.165, 1.54) is 6.26 Å². The molecule has 0 aliphatic heterocycles. The van der Waals surface area contributed by atoms with Gasteiger partial charge in [-0.2, -0.15) is 0 Å². The highest BCUT2D eigenvalue weighted by Crippen LogP contribution is 2.22. The number of sulfone groups is 1. The zero-order valence-corrected chi connectivity index (χ0v) is 11.8. The minimum absolute atomic E-state index is 0.243. The molecule has 6 nitrogen and oxygen atoms in total. The summed E-state index contributed by atoms with van der Waals surface area (Å²) < 4.78 is 33.5. The molecule has 0 aliphatic carbocycles. The van der Waals surface area contributed by atoms with Crippen molar-refractivity contribution in [3.63, 3.8) is 0 Å². The molecule has 2 aromatic rings. The number of aliphatic hydroxyl groups is 1. The van der Waals surface area contributed by atoms with Gasteiger partial charge in [0.05, 0.1) is 30.9 Å². The van der Waals surface area contributed by atoms with Gasteiger partial charge in [0, 0.05) is 5.56 Å². The SMILES string of the molecule is COc1ccc(-c2nc(CS(=O)(=O)CCO)co2)cc1. The predicted molar refractivity (Wildman–Crippen MR) is 73.1 cm³/mol. The van der Waals surface area contributed by atoms with Crippen molar-refractivity contribution in [2.75, 3.05) is 19.5 Å². The van der Waals surface area contributed by atoms with E-state index < -0.39 is 16.4 Å². The Morgan fingerprint density at radius 1 is 1.30 bits per heavy atom. The Labute approximate surface area is 116 Å². The molecule has 20 heavy (non-hydrogen) atoms. The van der Waals surface area contributed by atoms with Crippen LogP contribution in [0.3, 0.4) is 0 Å². The second-order valence-electron chi connectivity index (χ2n) is 4.19. The van der Waals surface area contributed by atoms with Crippen molar-refractivity contribution in [1.29, 1.82) is 0 Å². The van der Waals surface area contributed by atoms with E-state index in [0.717, 1.165) is 5.56 Å². The third kappa shape index (κ3) is 3.58. The first kappa shape index (κ1) is 14.5. The Hall–Kier alpha value is -1.86. The van der Waals surface area contributed by atoms with Gasteiger partial charge in [0.15, 0.2) is 9.84 Å². The van der Waals surface area contributed by atoms with Gasteiger partial charge in [-0.1, -0.05) is 0 Å². The molecular formula is C13H15NO5S. The number of aromatic nitrogens is 1. The molecule has 0 fully saturated rings. The standard InChI is InChI=1S/C13H15NO5S/c1-18-12-4-2-10(3-5-12)13-14-11(8-19-13)9-20(16,17)7-6-15/h2-5,8,15H,6-7,9H2,1H3. The molecule has 0 amide bonds. The number of oxazole rings is 1. The van der Waals surface area contributed by atoms with Gasteiger partial charge in [0.25, 0.3) is 0 Å². The van der Waals surface area contributed by atoms with Crippen LogP contribution in [0.1, 0.15) is 5.69 Å². The van der Waals surface area contributed by atoms with E-state index in [9.17, 15) is 8.42 Å². The van der Waals surface area contributed by atoms with Gasteiger partial charge in [0.1, 0.15) is 12.0 Å². The zero-order chi connectivity index (χ0) is 14.6. The maximum atomic E-state index is 11.6. The summed E-state index contributed by atoms with van der Waals surface area (Å²) in [6.45, 7) is -0.397. The van der Waals surface area contributed by atoms with Crippen LogP contribution in [-0.4, -0.2) is 38.0 Å². The van der Waals surface area contributed by atoms with Gasteiger partial charge in [-0.15, -0.1) is 0 Å². The normalized spacial score (nSPS) is 11.5. The molecule has 0 aliphatic rings. The lowest BCUT2D eigenvalue weighted by Crippen LogP contribution is -2.12. The zero-order valence-electron chi connectivity index (χ0n) is 10.9. The number of benzene rings is 1. The van der Waals surface area contributed by atoms with Crippen LogP contribution in [0, 0.1) is 0 Å². The van der Waals surface area contributed by atoms with Crippen LogP contribution in [0.4, 0.5) is 0 Å². The highest BCUT2D eigenvalue weighted by Gasteiger charge is 2.15. The molecule has 7 heteroatoms. The van der Waals surface area contributed by atoms with Crippen molar-refractivity contribution in [2.45, 2.75) is 5.75 Å². The first-order valence-corrected chi connectivity index (χ1v) is 7.76. The number of nitrogens with zero attached hydrogens (tertiary/aromatic N) is 1. The highest BCUT2D eigenvalue weighted by molar-refractivity contribution is 7.90. The third-order valence-electron chi connectivity index (χ3n) is 2.66. The Kier molecular flexibility index (Phi) is 4.41. The van der Waals surface area contributed by atoms with Crippen LogP contribution in [-0.2, 0) is 15.6 Å². The predicted octanol–water partition coefficient (Wildman–Crippen LogP) is 1.26. The van der Waals surface area contributed by atoms with Gasteiger partial charge in [0.2, 0.25) is 5.89 Å². The van der Waals surface area contributed by atoms with E-state index in [-0.39, 0.29) is 11.5 Å². The van der Waals surface area contributed by atoms with Crippen LogP contribution in [0.15, 0.2) is 34.9 Å². The molecule has 2 rings (SSSR count). The average Bonchev–Trinajstić information content (AvgIpc) is 2.86. The fourth-order valence-corrected chi connectivity index (χ4v) is 2.68. The average molecular weight is 297 g/mol. The largest absolute Gasteiger partial charge is 0.497 e. The minimum Gasteiger partial charge on any atom is -0.497 e. The molecule has 0 radical (unpaired) electrons. The first-order valence-electron chi connectivity index (χ1n) is 5.94. The summed E-state index contributed by atoms with van der Waals surface area (Å²) in [5.41, 5.74) is 1.06. The van der Waals surface area contributed by atoms with E-state index >= 15 is 0 Å². The van der Waals surface area contributed by atoms with Crippen LogP contribution in [0.2, 0.25) is 0 Å². The van der Waals surface area contributed by atoms with Crippen LogP contribution in [0.5, 0.6) is 5.75 Å². The third-order valence-corrected chi connectivity index (χ3v) is 4.20. The molecule has 1 aromatic carbocycles. The van der Waals surface area contributed by atoms with Crippen molar-refractivity contribution in [2.24, 2.45) is 0 Å². The second-order valence-corrected chi connectivity index (χ2v) is 6.37. The van der Waals surface area contributed by atoms with Crippen LogP contribution < -0.4 is 4.74 Å². The fourth-order valence-electron chi connectivity index (χ4n) is 1.68. The van der Waals surface area contributed by atoms with E-state index in [0.29, 0.717) is 17.3 Å². The monoisotopic (exact) mass is 297 g/mol. The van der Waals surface area contributed by atoms with Crippen molar-refractivity contribution in [1.82, 2.24) is 4.98 Å². The molecule has 1 aromatic heterocycles.